The molecule has 0 heterocycles. The molecule has 1 rings (SSSR count). The quantitative estimate of drug-likeness (QED) is 0.606. The summed E-state index contributed by atoms with van der Waals surface area (Å²) in [5, 5.41) is 3.60. The average Bonchev–Trinajstić information content (AvgIpc) is 2.88. The van der Waals surface area contributed by atoms with Crippen molar-refractivity contribution >= 4 is 11.8 Å². The van der Waals surface area contributed by atoms with Gasteiger partial charge in [-0.25, -0.2) is 0 Å². The summed E-state index contributed by atoms with van der Waals surface area (Å²) in [6.07, 6.45) is 9.27. The summed E-state index contributed by atoms with van der Waals surface area (Å²) in [5.74, 6) is 2.38. The second kappa shape index (κ2) is 6.72. The van der Waals surface area contributed by atoms with Crippen LogP contribution in [-0.4, -0.2) is 24.6 Å². The van der Waals surface area contributed by atoms with E-state index in [1.165, 1.54) is 44.4 Å². The highest BCUT2D eigenvalue weighted by molar-refractivity contribution is 7.98. The van der Waals surface area contributed by atoms with Crippen LogP contribution in [0.4, 0.5) is 0 Å². The molecule has 0 aromatic rings. The summed E-state index contributed by atoms with van der Waals surface area (Å²) in [6.45, 7) is 3.54. The smallest absolute Gasteiger partial charge is 0.00413 e. The molecule has 1 fully saturated rings. The highest BCUT2D eigenvalue weighted by atomic mass is 32.2. The summed E-state index contributed by atoms with van der Waals surface area (Å²) in [7, 11) is 0. The minimum Gasteiger partial charge on any atom is -0.314 e. The Labute approximate surface area is 87.1 Å². The fourth-order valence-electron chi connectivity index (χ4n) is 1.66. The molecule has 0 radical (unpaired) electrons. The molecule has 0 aromatic heterocycles. The van der Waals surface area contributed by atoms with Gasteiger partial charge in [0.25, 0.3) is 0 Å². The lowest BCUT2D eigenvalue weighted by atomic mass is 10.1. The molecule has 1 N–H and O–H groups in total. The van der Waals surface area contributed by atoms with Crippen LogP contribution in [0, 0.1) is 5.92 Å². The Balaban J connectivity index is 1.80. The van der Waals surface area contributed by atoms with Crippen LogP contribution in [0.3, 0.4) is 0 Å². The minimum absolute atomic E-state index is 0.752. The number of rotatable bonds is 8. The van der Waals surface area contributed by atoms with E-state index in [1.807, 2.05) is 11.8 Å². The van der Waals surface area contributed by atoms with Gasteiger partial charge >= 0.3 is 0 Å². The molecule has 0 spiro atoms. The molecule has 0 saturated heterocycles. The van der Waals surface area contributed by atoms with Crippen molar-refractivity contribution in [3.05, 3.63) is 0 Å². The predicted octanol–water partition coefficient (Wildman–Crippen LogP) is 2.91. The number of hydrogen-bond acceptors (Lipinski definition) is 2. The van der Waals surface area contributed by atoms with Crippen LogP contribution in [-0.2, 0) is 0 Å². The highest BCUT2D eigenvalue weighted by Crippen LogP contribution is 2.33. The molecule has 2 heteroatoms. The first-order valence-electron chi connectivity index (χ1n) is 5.55. The van der Waals surface area contributed by atoms with Crippen LogP contribution >= 0.6 is 11.8 Å². The summed E-state index contributed by atoms with van der Waals surface area (Å²) in [4.78, 5) is 0. The van der Waals surface area contributed by atoms with Crippen molar-refractivity contribution < 1.29 is 0 Å². The number of nitrogens with one attached hydrogen (secondary N) is 1. The zero-order valence-electron chi connectivity index (χ0n) is 9.01. The van der Waals surface area contributed by atoms with Crippen molar-refractivity contribution in [1.29, 1.82) is 0 Å². The third-order valence-electron chi connectivity index (χ3n) is 2.65. The third kappa shape index (κ3) is 6.39. The van der Waals surface area contributed by atoms with Crippen LogP contribution in [0.25, 0.3) is 0 Å². The molecule has 1 nitrogen and oxygen atoms in total. The van der Waals surface area contributed by atoms with Gasteiger partial charge in [0.2, 0.25) is 0 Å². The van der Waals surface area contributed by atoms with Crippen LogP contribution in [0.2, 0.25) is 0 Å². The maximum Gasteiger partial charge on any atom is 0.00413 e. The van der Waals surface area contributed by atoms with Gasteiger partial charge in [0, 0.05) is 6.04 Å². The van der Waals surface area contributed by atoms with Crippen LogP contribution in [0.1, 0.15) is 39.0 Å². The molecule has 1 aliphatic rings. The zero-order chi connectivity index (χ0) is 9.52. The van der Waals surface area contributed by atoms with E-state index in [1.54, 1.807) is 0 Å². The van der Waals surface area contributed by atoms with Crippen molar-refractivity contribution in [2.45, 2.75) is 45.1 Å². The maximum atomic E-state index is 3.60. The molecule has 13 heavy (non-hydrogen) atoms. The Bertz CT molecular complexity index is 123. The van der Waals surface area contributed by atoms with Crippen molar-refractivity contribution in [2.75, 3.05) is 18.6 Å². The van der Waals surface area contributed by atoms with E-state index in [2.05, 4.69) is 18.5 Å². The number of hydrogen-bond donors (Lipinski definition) is 1. The van der Waals surface area contributed by atoms with Gasteiger partial charge in [0.15, 0.2) is 0 Å². The van der Waals surface area contributed by atoms with E-state index in [9.17, 15) is 0 Å². The Morgan fingerprint density at radius 3 is 2.77 bits per heavy atom. The van der Waals surface area contributed by atoms with Gasteiger partial charge in [-0.05, 0) is 50.7 Å². The van der Waals surface area contributed by atoms with Gasteiger partial charge in [-0.3, -0.25) is 0 Å². The van der Waals surface area contributed by atoms with Crippen LogP contribution < -0.4 is 5.32 Å². The van der Waals surface area contributed by atoms with E-state index in [0.29, 0.717) is 0 Å². The highest BCUT2D eigenvalue weighted by Gasteiger charge is 2.22. The van der Waals surface area contributed by atoms with Crippen LogP contribution in [0.5, 0.6) is 0 Å². The third-order valence-corrected chi connectivity index (χ3v) is 3.35. The topological polar surface area (TPSA) is 12.0 Å². The predicted molar refractivity (Wildman–Crippen MR) is 62.4 cm³/mol. The van der Waals surface area contributed by atoms with E-state index in [4.69, 9.17) is 0 Å². The molecule has 78 valence electrons. The average molecular weight is 201 g/mol. The fourth-order valence-corrected chi connectivity index (χ4v) is 2.15. The van der Waals surface area contributed by atoms with Gasteiger partial charge in [-0.2, -0.15) is 11.8 Å². The van der Waals surface area contributed by atoms with E-state index >= 15 is 0 Å². The van der Waals surface area contributed by atoms with Crippen molar-refractivity contribution in [3.63, 3.8) is 0 Å². The largest absolute Gasteiger partial charge is 0.314 e. The maximum absolute atomic E-state index is 3.60. The van der Waals surface area contributed by atoms with Crippen molar-refractivity contribution in [3.8, 4) is 0 Å². The normalized spacial score (nSPS) is 18.9. The molecule has 0 aromatic carbocycles. The molecule has 1 unspecified atom stereocenters. The molecule has 0 aliphatic heterocycles. The summed E-state index contributed by atoms with van der Waals surface area (Å²) in [6, 6.07) is 0.752. The van der Waals surface area contributed by atoms with Gasteiger partial charge < -0.3 is 5.32 Å². The Hall–Kier alpha value is 0.310. The molecule has 1 aliphatic carbocycles. The molecule has 0 amide bonds. The summed E-state index contributed by atoms with van der Waals surface area (Å²) >= 11 is 1.95. The lowest BCUT2D eigenvalue weighted by Crippen LogP contribution is -2.27. The first-order chi connectivity index (χ1) is 6.33. The first-order valence-corrected chi connectivity index (χ1v) is 6.94. The molecular formula is C11H23NS. The summed E-state index contributed by atoms with van der Waals surface area (Å²) < 4.78 is 0. The van der Waals surface area contributed by atoms with E-state index in [0.717, 1.165) is 12.0 Å². The zero-order valence-corrected chi connectivity index (χ0v) is 9.83. The van der Waals surface area contributed by atoms with E-state index < -0.39 is 0 Å². The van der Waals surface area contributed by atoms with Gasteiger partial charge in [-0.15, -0.1) is 0 Å². The SMILES string of the molecule is CSCCCCNC(C)CC1CC1. The van der Waals surface area contributed by atoms with Gasteiger partial charge in [0.05, 0.1) is 0 Å². The molecule has 1 atom stereocenters. The minimum atomic E-state index is 0.752. The second-order valence-corrected chi connectivity index (χ2v) is 5.22. The van der Waals surface area contributed by atoms with E-state index in [-0.39, 0.29) is 0 Å². The lowest BCUT2D eigenvalue weighted by Gasteiger charge is -2.12. The van der Waals surface area contributed by atoms with Crippen LogP contribution in [0.15, 0.2) is 0 Å². The van der Waals surface area contributed by atoms with Gasteiger partial charge in [-0.1, -0.05) is 12.8 Å². The lowest BCUT2D eigenvalue weighted by molar-refractivity contribution is 0.481. The van der Waals surface area contributed by atoms with Gasteiger partial charge in [0.1, 0.15) is 0 Å². The standard InChI is InChI=1S/C11H23NS/c1-10(9-11-5-6-11)12-7-3-4-8-13-2/h10-12H,3-9H2,1-2H3. The number of thioether (sulfide) groups is 1. The molecular weight excluding hydrogens is 178 g/mol. The Kier molecular flexibility index (Phi) is 5.88. The molecule has 0 bridgehead atoms. The monoisotopic (exact) mass is 201 g/mol. The Morgan fingerprint density at radius 1 is 1.38 bits per heavy atom. The molecule has 1 saturated carbocycles. The Morgan fingerprint density at radius 2 is 2.15 bits per heavy atom. The number of unbranched alkanes of at least 4 members (excludes halogenated alkanes) is 1. The fraction of sp³-hybridized carbons (Fsp3) is 1.00. The first kappa shape index (κ1) is 11.4. The van der Waals surface area contributed by atoms with Crippen molar-refractivity contribution in [2.24, 2.45) is 5.92 Å². The summed E-state index contributed by atoms with van der Waals surface area (Å²) in [5.41, 5.74) is 0. The van der Waals surface area contributed by atoms with Crippen molar-refractivity contribution in [1.82, 2.24) is 5.32 Å². The second-order valence-electron chi connectivity index (χ2n) is 4.23.